The maximum Gasteiger partial charge on any atom is 0.266 e. The summed E-state index contributed by atoms with van der Waals surface area (Å²) in [7, 11) is -3.73. The molecule has 3 aromatic rings. The third-order valence-corrected chi connectivity index (χ3v) is 5.17. The molecule has 3 heterocycles. The van der Waals surface area contributed by atoms with Gasteiger partial charge in [-0.2, -0.15) is 10.2 Å². The van der Waals surface area contributed by atoms with E-state index in [-0.39, 0.29) is 23.5 Å². The fourth-order valence-corrected chi connectivity index (χ4v) is 3.73. The summed E-state index contributed by atoms with van der Waals surface area (Å²) < 4.78 is 29.7. The molecule has 0 saturated heterocycles. The highest BCUT2D eigenvalue weighted by atomic mass is 32.2. The van der Waals surface area contributed by atoms with E-state index in [9.17, 15) is 13.2 Å². The lowest BCUT2D eigenvalue weighted by Crippen LogP contribution is -2.32. The zero-order valence-electron chi connectivity index (χ0n) is 13.5. The van der Waals surface area contributed by atoms with Gasteiger partial charge < -0.3 is 0 Å². The lowest BCUT2D eigenvalue weighted by molar-refractivity contribution is 0.541. The topological polar surface area (TPSA) is 140 Å². The number of nitrogens with zero attached hydrogens (tertiary/aromatic N) is 6. The van der Waals surface area contributed by atoms with E-state index in [2.05, 4.69) is 30.1 Å². The summed E-state index contributed by atoms with van der Waals surface area (Å²) in [5, 5.41) is 14.6. The monoisotopic (exact) mass is 364 g/mol. The Morgan fingerprint density at radius 3 is 2.72 bits per heavy atom. The van der Waals surface area contributed by atoms with Crippen LogP contribution in [0.2, 0.25) is 0 Å². The zero-order valence-corrected chi connectivity index (χ0v) is 14.4. The summed E-state index contributed by atoms with van der Waals surface area (Å²) in [6, 6.07) is 2.85. The van der Waals surface area contributed by atoms with E-state index >= 15 is 0 Å². The van der Waals surface area contributed by atoms with Gasteiger partial charge in [-0.25, -0.2) is 27.5 Å². The molecule has 0 amide bonds. The zero-order chi connectivity index (χ0) is 18.0. The summed E-state index contributed by atoms with van der Waals surface area (Å²) >= 11 is 0. The molecular weight excluding hydrogens is 348 g/mol. The van der Waals surface area contributed by atoms with Gasteiger partial charge in [0.05, 0.1) is 17.9 Å². The molecule has 0 radical (unpaired) electrons. The van der Waals surface area contributed by atoms with E-state index in [4.69, 9.17) is 0 Å². The Hall–Kier alpha value is -2.86. The Morgan fingerprint density at radius 2 is 2.08 bits per heavy atom. The summed E-state index contributed by atoms with van der Waals surface area (Å²) in [5.74, 6) is 0.404. The number of aromatic amines is 1. The van der Waals surface area contributed by atoms with Crippen molar-refractivity contribution in [3.8, 4) is 5.82 Å². The van der Waals surface area contributed by atoms with E-state index in [0.29, 0.717) is 17.2 Å². The van der Waals surface area contributed by atoms with Crippen LogP contribution in [0.4, 0.5) is 0 Å². The lowest BCUT2D eigenvalue weighted by Gasteiger charge is -2.09. The van der Waals surface area contributed by atoms with Crippen molar-refractivity contribution in [1.82, 2.24) is 39.5 Å². The molecule has 3 rings (SSSR count). The molecule has 11 nitrogen and oxygen atoms in total. The van der Waals surface area contributed by atoms with E-state index in [1.807, 2.05) is 0 Å². The van der Waals surface area contributed by atoms with Crippen LogP contribution >= 0.6 is 0 Å². The number of aromatic nitrogens is 7. The van der Waals surface area contributed by atoms with Crippen LogP contribution in [0.15, 0.2) is 34.5 Å². The van der Waals surface area contributed by atoms with Crippen molar-refractivity contribution in [2.75, 3.05) is 6.54 Å². The van der Waals surface area contributed by atoms with E-state index in [1.54, 1.807) is 13.8 Å². The van der Waals surface area contributed by atoms with Crippen molar-refractivity contribution in [3.05, 3.63) is 46.5 Å². The molecule has 0 aliphatic rings. The fraction of sp³-hybridized carbons (Fsp3) is 0.308. The normalized spacial score (nSPS) is 11.8. The number of aryl methyl sites for hydroxylation is 2. The van der Waals surface area contributed by atoms with Crippen LogP contribution < -0.4 is 10.3 Å². The minimum Gasteiger partial charge on any atom is -0.281 e. The van der Waals surface area contributed by atoms with Crippen molar-refractivity contribution >= 4 is 10.0 Å². The highest BCUT2D eigenvalue weighted by Gasteiger charge is 2.21. The van der Waals surface area contributed by atoms with Gasteiger partial charge in [0, 0.05) is 12.6 Å². The number of H-pyrrole nitrogens is 1. The molecule has 0 aliphatic heterocycles. The van der Waals surface area contributed by atoms with Gasteiger partial charge >= 0.3 is 0 Å². The average Bonchev–Trinajstić information content (AvgIpc) is 3.19. The second-order valence-electron chi connectivity index (χ2n) is 5.25. The van der Waals surface area contributed by atoms with Crippen LogP contribution in [0.5, 0.6) is 0 Å². The molecule has 0 atom stereocenters. The first-order valence-electron chi connectivity index (χ1n) is 7.33. The van der Waals surface area contributed by atoms with E-state index in [1.165, 1.54) is 29.5 Å². The lowest BCUT2D eigenvalue weighted by atomic mass is 10.4. The maximum absolute atomic E-state index is 12.4. The molecule has 12 heteroatoms. The number of rotatable bonds is 6. The van der Waals surface area contributed by atoms with Gasteiger partial charge in [0.2, 0.25) is 10.0 Å². The second-order valence-corrected chi connectivity index (χ2v) is 6.96. The average molecular weight is 364 g/mol. The third-order valence-electron chi connectivity index (χ3n) is 3.45. The van der Waals surface area contributed by atoms with Crippen LogP contribution in [0.1, 0.15) is 11.4 Å². The largest absolute Gasteiger partial charge is 0.281 e. The predicted molar refractivity (Wildman–Crippen MR) is 86.7 cm³/mol. The molecular formula is C13H16N8O3S. The first-order chi connectivity index (χ1) is 11.9. The molecule has 0 fully saturated rings. The smallest absolute Gasteiger partial charge is 0.266 e. The van der Waals surface area contributed by atoms with Crippen molar-refractivity contribution in [2.24, 2.45) is 0 Å². The molecule has 0 bridgehead atoms. The minimum absolute atomic E-state index is 0.000110. The summed E-state index contributed by atoms with van der Waals surface area (Å²) in [5.41, 5.74) is 0.487. The van der Waals surface area contributed by atoms with Crippen LogP contribution in [0, 0.1) is 13.8 Å². The van der Waals surface area contributed by atoms with Gasteiger partial charge in [-0.15, -0.1) is 5.10 Å². The van der Waals surface area contributed by atoms with Crippen molar-refractivity contribution in [1.29, 1.82) is 0 Å². The van der Waals surface area contributed by atoms with Crippen LogP contribution in [-0.4, -0.2) is 49.7 Å². The first kappa shape index (κ1) is 17.0. The number of hydrogen-bond donors (Lipinski definition) is 2. The molecule has 0 aliphatic carbocycles. The predicted octanol–water partition coefficient (Wildman–Crippen LogP) is -0.858. The third kappa shape index (κ3) is 3.49. The Kier molecular flexibility index (Phi) is 4.46. The molecule has 0 unspecified atom stereocenters. The highest BCUT2D eigenvalue weighted by molar-refractivity contribution is 7.89. The second kappa shape index (κ2) is 6.57. The van der Waals surface area contributed by atoms with Gasteiger partial charge in [-0.05, 0) is 19.9 Å². The fourth-order valence-electron chi connectivity index (χ4n) is 2.34. The van der Waals surface area contributed by atoms with Gasteiger partial charge in [0.15, 0.2) is 5.82 Å². The van der Waals surface area contributed by atoms with E-state index in [0.717, 1.165) is 4.68 Å². The van der Waals surface area contributed by atoms with Crippen molar-refractivity contribution in [3.63, 3.8) is 0 Å². The molecule has 0 spiro atoms. The number of sulfonamides is 1. The molecule has 25 heavy (non-hydrogen) atoms. The standard InChI is InChI=1S/C13H16N8O3S/c1-9-13(10(2)18-17-9)25(23,24)16-5-6-20-12(22)4-3-11(19-20)21-8-14-7-15-21/h3-4,7-8,16H,5-6H2,1-2H3,(H,17,18). The van der Waals surface area contributed by atoms with Gasteiger partial charge in [-0.1, -0.05) is 0 Å². The molecule has 2 N–H and O–H groups in total. The first-order valence-corrected chi connectivity index (χ1v) is 8.81. The van der Waals surface area contributed by atoms with Crippen LogP contribution in [0.25, 0.3) is 5.82 Å². The van der Waals surface area contributed by atoms with Crippen LogP contribution in [-0.2, 0) is 16.6 Å². The minimum atomic E-state index is -3.73. The molecule has 0 aromatic carbocycles. The van der Waals surface area contributed by atoms with Crippen molar-refractivity contribution in [2.45, 2.75) is 25.3 Å². The SMILES string of the molecule is Cc1n[nH]c(C)c1S(=O)(=O)NCCn1nc(-n2cncn2)ccc1=O. The molecule has 3 aromatic heterocycles. The molecule has 132 valence electrons. The molecule has 0 saturated carbocycles. The summed E-state index contributed by atoms with van der Waals surface area (Å²) in [6.07, 6.45) is 2.80. The van der Waals surface area contributed by atoms with E-state index < -0.39 is 10.0 Å². The summed E-state index contributed by atoms with van der Waals surface area (Å²) in [4.78, 5) is 15.8. The van der Waals surface area contributed by atoms with Gasteiger partial charge in [0.1, 0.15) is 17.6 Å². The van der Waals surface area contributed by atoms with Crippen LogP contribution in [0.3, 0.4) is 0 Å². The maximum atomic E-state index is 12.4. The Bertz CT molecular complexity index is 1020. The van der Waals surface area contributed by atoms with Crippen molar-refractivity contribution < 1.29 is 8.42 Å². The Morgan fingerprint density at radius 1 is 1.28 bits per heavy atom. The van der Waals surface area contributed by atoms with Gasteiger partial charge in [-0.3, -0.25) is 9.89 Å². The highest BCUT2D eigenvalue weighted by Crippen LogP contribution is 2.15. The summed E-state index contributed by atoms with van der Waals surface area (Å²) in [6.45, 7) is 3.30. The Balaban J connectivity index is 1.74. The quantitative estimate of drug-likeness (QED) is 0.580. The number of hydrogen-bond acceptors (Lipinski definition) is 7. The number of nitrogens with one attached hydrogen (secondary N) is 2. The van der Waals surface area contributed by atoms with Gasteiger partial charge in [0.25, 0.3) is 5.56 Å². The Labute approximate surface area is 142 Å².